The van der Waals surface area contributed by atoms with Gasteiger partial charge in [0.15, 0.2) is 0 Å². The van der Waals surface area contributed by atoms with Crippen LogP contribution in [0.3, 0.4) is 0 Å². The first-order valence-electron chi connectivity index (χ1n) is 4.71. The van der Waals surface area contributed by atoms with Gasteiger partial charge in [0.1, 0.15) is 5.69 Å². The van der Waals surface area contributed by atoms with Gasteiger partial charge in [-0.1, -0.05) is 13.0 Å². The zero-order valence-electron chi connectivity index (χ0n) is 8.69. The molecule has 0 aromatic carbocycles. The SMILES string of the molecule is CC(CNC(=O)c1cccc(=O)[nH]1)C(=O)O. The molecule has 1 aromatic heterocycles. The Morgan fingerprint density at radius 3 is 2.75 bits per heavy atom. The van der Waals surface area contributed by atoms with Crippen LogP contribution in [-0.4, -0.2) is 28.5 Å². The summed E-state index contributed by atoms with van der Waals surface area (Å²) in [6.07, 6.45) is 0. The van der Waals surface area contributed by atoms with Crippen LogP contribution in [-0.2, 0) is 4.79 Å². The molecule has 0 aliphatic rings. The third-order valence-corrected chi connectivity index (χ3v) is 2.00. The first kappa shape index (κ1) is 12.0. The fraction of sp³-hybridized carbons (Fsp3) is 0.300. The van der Waals surface area contributed by atoms with Gasteiger partial charge >= 0.3 is 5.97 Å². The number of hydrogen-bond acceptors (Lipinski definition) is 3. The van der Waals surface area contributed by atoms with E-state index in [1.165, 1.54) is 25.1 Å². The van der Waals surface area contributed by atoms with E-state index in [-0.39, 0.29) is 17.8 Å². The smallest absolute Gasteiger partial charge is 0.308 e. The number of pyridine rings is 1. The Morgan fingerprint density at radius 2 is 2.19 bits per heavy atom. The molecule has 1 rings (SSSR count). The van der Waals surface area contributed by atoms with Crippen molar-refractivity contribution in [2.24, 2.45) is 5.92 Å². The maximum atomic E-state index is 11.4. The number of rotatable bonds is 4. The van der Waals surface area contributed by atoms with Crippen molar-refractivity contribution in [2.45, 2.75) is 6.92 Å². The van der Waals surface area contributed by atoms with Gasteiger partial charge in [-0.2, -0.15) is 0 Å². The molecule has 1 unspecified atom stereocenters. The van der Waals surface area contributed by atoms with Crippen molar-refractivity contribution in [2.75, 3.05) is 6.54 Å². The molecule has 1 amide bonds. The average molecular weight is 224 g/mol. The van der Waals surface area contributed by atoms with Crippen LogP contribution < -0.4 is 10.9 Å². The number of amides is 1. The highest BCUT2D eigenvalue weighted by Crippen LogP contribution is 1.94. The fourth-order valence-corrected chi connectivity index (χ4v) is 1.01. The maximum Gasteiger partial charge on any atom is 0.308 e. The molecule has 0 aliphatic carbocycles. The summed E-state index contributed by atoms with van der Waals surface area (Å²) in [6.45, 7) is 1.50. The lowest BCUT2D eigenvalue weighted by Gasteiger charge is -2.07. The van der Waals surface area contributed by atoms with Crippen LogP contribution in [0.15, 0.2) is 23.0 Å². The van der Waals surface area contributed by atoms with Crippen LogP contribution in [0.5, 0.6) is 0 Å². The second kappa shape index (κ2) is 5.11. The molecule has 0 spiro atoms. The summed E-state index contributed by atoms with van der Waals surface area (Å²) in [4.78, 5) is 35.2. The number of aliphatic carboxylic acids is 1. The quantitative estimate of drug-likeness (QED) is 0.660. The van der Waals surface area contributed by atoms with Gasteiger partial charge in [0.2, 0.25) is 5.56 Å². The van der Waals surface area contributed by atoms with E-state index in [4.69, 9.17) is 5.11 Å². The molecule has 0 saturated carbocycles. The van der Waals surface area contributed by atoms with Crippen molar-refractivity contribution in [3.05, 3.63) is 34.2 Å². The third kappa shape index (κ3) is 3.23. The zero-order chi connectivity index (χ0) is 12.1. The number of hydrogen-bond donors (Lipinski definition) is 3. The van der Waals surface area contributed by atoms with Crippen molar-refractivity contribution in [3.63, 3.8) is 0 Å². The van der Waals surface area contributed by atoms with Crippen LogP contribution in [0.1, 0.15) is 17.4 Å². The van der Waals surface area contributed by atoms with Gasteiger partial charge in [0, 0.05) is 12.6 Å². The van der Waals surface area contributed by atoms with Crippen LogP contribution in [0.4, 0.5) is 0 Å². The van der Waals surface area contributed by atoms with Gasteiger partial charge in [0.25, 0.3) is 5.91 Å². The first-order chi connectivity index (χ1) is 7.50. The standard InChI is InChI=1S/C10H12N2O4/c1-6(10(15)16)5-11-9(14)7-3-2-4-8(13)12-7/h2-4,6H,5H2,1H3,(H,11,14)(H,12,13)(H,15,16). The van der Waals surface area contributed by atoms with Crippen LogP contribution in [0.25, 0.3) is 0 Å². The summed E-state index contributed by atoms with van der Waals surface area (Å²) in [5, 5.41) is 11.0. The van der Waals surface area contributed by atoms with Crippen LogP contribution >= 0.6 is 0 Å². The normalized spacial score (nSPS) is 11.8. The highest BCUT2D eigenvalue weighted by atomic mass is 16.4. The van der Waals surface area contributed by atoms with Gasteiger partial charge in [-0.25, -0.2) is 0 Å². The summed E-state index contributed by atoms with van der Waals surface area (Å²) in [5.41, 5.74) is -0.260. The lowest BCUT2D eigenvalue weighted by atomic mass is 10.2. The van der Waals surface area contributed by atoms with Crippen LogP contribution in [0, 0.1) is 5.92 Å². The van der Waals surface area contributed by atoms with E-state index in [0.717, 1.165) is 0 Å². The molecular formula is C10H12N2O4. The summed E-state index contributed by atoms with van der Waals surface area (Å²) < 4.78 is 0. The van der Waals surface area contributed by atoms with E-state index >= 15 is 0 Å². The average Bonchev–Trinajstić information content (AvgIpc) is 2.25. The Hall–Kier alpha value is -2.11. The Balaban J connectivity index is 2.60. The second-order valence-corrected chi connectivity index (χ2v) is 3.38. The summed E-state index contributed by atoms with van der Waals surface area (Å²) in [7, 11) is 0. The lowest BCUT2D eigenvalue weighted by Crippen LogP contribution is -2.32. The minimum atomic E-state index is -0.984. The van der Waals surface area contributed by atoms with Crippen molar-refractivity contribution < 1.29 is 14.7 Å². The van der Waals surface area contributed by atoms with Gasteiger partial charge in [-0.3, -0.25) is 14.4 Å². The number of carbonyl (C=O) groups is 2. The fourth-order valence-electron chi connectivity index (χ4n) is 1.01. The van der Waals surface area contributed by atoms with E-state index in [1.807, 2.05) is 0 Å². The zero-order valence-corrected chi connectivity index (χ0v) is 8.69. The monoisotopic (exact) mass is 224 g/mol. The molecular weight excluding hydrogens is 212 g/mol. The van der Waals surface area contributed by atoms with Crippen molar-refractivity contribution in [3.8, 4) is 0 Å². The maximum absolute atomic E-state index is 11.4. The molecule has 86 valence electrons. The Kier molecular flexibility index (Phi) is 3.82. The first-order valence-corrected chi connectivity index (χ1v) is 4.71. The largest absolute Gasteiger partial charge is 0.481 e. The topological polar surface area (TPSA) is 99.3 Å². The number of carboxylic acids is 1. The second-order valence-electron chi connectivity index (χ2n) is 3.38. The third-order valence-electron chi connectivity index (χ3n) is 2.00. The number of carbonyl (C=O) groups excluding carboxylic acids is 1. The van der Waals surface area contributed by atoms with E-state index in [2.05, 4.69) is 10.3 Å². The number of H-pyrrole nitrogens is 1. The van der Waals surface area contributed by atoms with Gasteiger partial charge < -0.3 is 15.4 Å². The Labute approximate surface area is 91.3 Å². The summed E-state index contributed by atoms with van der Waals surface area (Å²) >= 11 is 0. The predicted octanol–water partition coefficient (Wildman–Crippen LogP) is -0.175. The van der Waals surface area contributed by atoms with Crippen molar-refractivity contribution in [1.29, 1.82) is 0 Å². The van der Waals surface area contributed by atoms with E-state index in [9.17, 15) is 14.4 Å². The molecule has 1 aromatic rings. The highest BCUT2D eigenvalue weighted by Gasteiger charge is 2.13. The minimum absolute atomic E-state index is 0.0189. The van der Waals surface area contributed by atoms with Crippen molar-refractivity contribution in [1.82, 2.24) is 10.3 Å². The molecule has 0 aliphatic heterocycles. The highest BCUT2D eigenvalue weighted by molar-refractivity contribution is 5.92. The van der Waals surface area contributed by atoms with Crippen LogP contribution in [0.2, 0.25) is 0 Å². The number of carboxylic acid groups (broad SMARTS) is 1. The van der Waals surface area contributed by atoms with E-state index < -0.39 is 17.8 Å². The molecule has 0 bridgehead atoms. The Morgan fingerprint density at radius 1 is 1.50 bits per heavy atom. The minimum Gasteiger partial charge on any atom is -0.481 e. The molecule has 3 N–H and O–H groups in total. The molecule has 0 saturated heterocycles. The Bertz CT molecular complexity index is 452. The number of aromatic amines is 1. The molecule has 1 atom stereocenters. The lowest BCUT2D eigenvalue weighted by molar-refractivity contribution is -0.140. The van der Waals surface area contributed by atoms with Gasteiger partial charge in [-0.15, -0.1) is 0 Å². The van der Waals surface area contributed by atoms with Gasteiger partial charge in [-0.05, 0) is 6.07 Å². The number of nitrogens with one attached hydrogen (secondary N) is 2. The van der Waals surface area contributed by atoms with E-state index in [0.29, 0.717) is 0 Å². The van der Waals surface area contributed by atoms with Gasteiger partial charge in [0.05, 0.1) is 5.92 Å². The molecule has 1 heterocycles. The molecule has 0 radical (unpaired) electrons. The summed E-state index contributed by atoms with van der Waals surface area (Å²) in [6, 6.07) is 4.19. The van der Waals surface area contributed by atoms with Crippen molar-refractivity contribution >= 4 is 11.9 Å². The predicted molar refractivity (Wildman–Crippen MR) is 56.2 cm³/mol. The molecule has 6 heteroatoms. The molecule has 6 nitrogen and oxygen atoms in total. The number of aromatic nitrogens is 1. The molecule has 0 fully saturated rings. The van der Waals surface area contributed by atoms with E-state index in [1.54, 1.807) is 0 Å². The summed E-state index contributed by atoms with van der Waals surface area (Å²) in [5.74, 6) is -2.15. The molecule has 16 heavy (non-hydrogen) atoms.